The van der Waals surface area contributed by atoms with Crippen molar-refractivity contribution in [3.63, 3.8) is 0 Å². The standard InChI is InChI=1S/C15H20N2S2/c1-3-8-16-14(11-15-17-9-10-19-15)12-4-6-13(18-2)7-5-12/h4-7,9-10,14,16H,3,8,11H2,1-2H3. The van der Waals surface area contributed by atoms with Gasteiger partial charge in [0.1, 0.15) is 0 Å². The average Bonchev–Trinajstić information content (AvgIpc) is 2.96. The molecule has 0 radical (unpaired) electrons. The van der Waals surface area contributed by atoms with Crippen LogP contribution in [0.1, 0.15) is 30.0 Å². The molecule has 102 valence electrons. The van der Waals surface area contributed by atoms with Crippen molar-refractivity contribution in [1.82, 2.24) is 10.3 Å². The Morgan fingerprint density at radius 3 is 2.68 bits per heavy atom. The molecule has 19 heavy (non-hydrogen) atoms. The Kier molecular flexibility index (Phi) is 5.89. The van der Waals surface area contributed by atoms with Gasteiger partial charge < -0.3 is 5.32 Å². The first-order valence-electron chi connectivity index (χ1n) is 6.59. The maximum absolute atomic E-state index is 4.40. The van der Waals surface area contributed by atoms with Gasteiger partial charge in [0.2, 0.25) is 0 Å². The minimum Gasteiger partial charge on any atom is -0.310 e. The van der Waals surface area contributed by atoms with Crippen molar-refractivity contribution < 1.29 is 0 Å². The summed E-state index contributed by atoms with van der Waals surface area (Å²) in [7, 11) is 0. The Balaban J connectivity index is 2.10. The summed E-state index contributed by atoms with van der Waals surface area (Å²) in [5.41, 5.74) is 1.35. The van der Waals surface area contributed by atoms with Crippen LogP contribution >= 0.6 is 23.1 Å². The van der Waals surface area contributed by atoms with E-state index in [4.69, 9.17) is 0 Å². The maximum Gasteiger partial charge on any atom is 0.0943 e. The van der Waals surface area contributed by atoms with Crippen LogP contribution < -0.4 is 5.32 Å². The molecule has 1 unspecified atom stereocenters. The fraction of sp³-hybridized carbons (Fsp3) is 0.400. The van der Waals surface area contributed by atoms with Gasteiger partial charge in [-0.25, -0.2) is 4.98 Å². The predicted octanol–water partition coefficient (Wildman–Crippen LogP) is 4.15. The number of nitrogens with one attached hydrogen (secondary N) is 1. The highest BCUT2D eigenvalue weighted by Crippen LogP contribution is 2.22. The molecule has 0 bridgehead atoms. The van der Waals surface area contributed by atoms with Crippen LogP contribution in [0.2, 0.25) is 0 Å². The Labute approximate surface area is 123 Å². The van der Waals surface area contributed by atoms with Crippen LogP contribution in [0, 0.1) is 0 Å². The van der Waals surface area contributed by atoms with Crippen molar-refractivity contribution in [3.8, 4) is 0 Å². The zero-order chi connectivity index (χ0) is 13.5. The SMILES string of the molecule is CCCNC(Cc1nccs1)c1ccc(SC)cc1. The number of thioether (sulfide) groups is 1. The number of thiazole rings is 1. The molecule has 2 nitrogen and oxygen atoms in total. The van der Waals surface area contributed by atoms with Gasteiger partial charge in [-0.15, -0.1) is 23.1 Å². The maximum atomic E-state index is 4.40. The first-order chi connectivity index (χ1) is 9.33. The lowest BCUT2D eigenvalue weighted by atomic mass is 10.0. The van der Waals surface area contributed by atoms with E-state index in [1.54, 1.807) is 23.1 Å². The zero-order valence-corrected chi connectivity index (χ0v) is 13.1. The Morgan fingerprint density at radius 2 is 2.11 bits per heavy atom. The number of benzene rings is 1. The quantitative estimate of drug-likeness (QED) is 0.776. The summed E-state index contributed by atoms with van der Waals surface area (Å²) < 4.78 is 0. The first-order valence-corrected chi connectivity index (χ1v) is 8.69. The zero-order valence-electron chi connectivity index (χ0n) is 11.4. The summed E-state index contributed by atoms with van der Waals surface area (Å²) in [6.45, 7) is 3.24. The van der Waals surface area contributed by atoms with Gasteiger partial charge in [-0.05, 0) is 36.9 Å². The van der Waals surface area contributed by atoms with E-state index in [1.165, 1.54) is 15.5 Å². The van der Waals surface area contributed by atoms with Crippen molar-refractivity contribution in [2.75, 3.05) is 12.8 Å². The molecule has 1 aromatic carbocycles. The van der Waals surface area contributed by atoms with Crippen molar-refractivity contribution in [1.29, 1.82) is 0 Å². The fourth-order valence-electron chi connectivity index (χ4n) is 1.99. The summed E-state index contributed by atoms with van der Waals surface area (Å²) in [5.74, 6) is 0. The van der Waals surface area contributed by atoms with E-state index in [-0.39, 0.29) is 0 Å². The highest BCUT2D eigenvalue weighted by molar-refractivity contribution is 7.98. The minimum absolute atomic E-state index is 0.363. The Hall–Kier alpha value is -0.840. The number of rotatable bonds is 7. The molecular formula is C15H20N2S2. The molecule has 2 rings (SSSR count). The fourth-order valence-corrected chi connectivity index (χ4v) is 3.06. The number of aromatic nitrogens is 1. The molecule has 4 heteroatoms. The third kappa shape index (κ3) is 4.34. The molecule has 0 aliphatic rings. The summed E-state index contributed by atoms with van der Waals surface area (Å²) >= 11 is 3.51. The molecule has 0 saturated carbocycles. The highest BCUT2D eigenvalue weighted by atomic mass is 32.2. The Bertz CT molecular complexity index is 465. The monoisotopic (exact) mass is 292 g/mol. The van der Waals surface area contributed by atoms with Crippen molar-refractivity contribution in [2.24, 2.45) is 0 Å². The van der Waals surface area contributed by atoms with Gasteiger partial charge >= 0.3 is 0 Å². The lowest BCUT2D eigenvalue weighted by Gasteiger charge is -2.18. The van der Waals surface area contributed by atoms with E-state index in [0.717, 1.165) is 19.4 Å². The van der Waals surface area contributed by atoms with Gasteiger partial charge in [0.15, 0.2) is 0 Å². The predicted molar refractivity (Wildman–Crippen MR) is 85.1 cm³/mol. The van der Waals surface area contributed by atoms with Crippen molar-refractivity contribution in [2.45, 2.75) is 30.7 Å². The van der Waals surface area contributed by atoms with E-state index in [9.17, 15) is 0 Å². The van der Waals surface area contributed by atoms with Crippen LogP contribution in [-0.2, 0) is 6.42 Å². The summed E-state index contributed by atoms with van der Waals surface area (Å²) in [6, 6.07) is 9.21. The van der Waals surface area contributed by atoms with Crippen molar-refractivity contribution in [3.05, 3.63) is 46.4 Å². The molecule has 1 heterocycles. The molecule has 0 aliphatic carbocycles. The van der Waals surface area contributed by atoms with E-state index in [1.807, 2.05) is 11.6 Å². The second-order valence-electron chi connectivity index (χ2n) is 4.41. The molecule has 2 aromatic rings. The Morgan fingerprint density at radius 1 is 1.32 bits per heavy atom. The molecule has 0 saturated heterocycles. The van der Waals surface area contributed by atoms with Gasteiger partial charge in [-0.1, -0.05) is 19.1 Å². The lowest BCUT2D eigenvalue weighted by Crippen LogP contribution is -2.24. The minimum atomic E-state index is 0.363. The van der Waals surface area contributed by atoms with Gasteiger partial charge in [0, 0.05) is 28.9 Å². The third-order valence-corrected chi connectivity index (χ3v) is 4.57. The van der Waals surface area contributed by atoms with E-state index in [2.05, 4.69) is 47.7 Å². The molecule has 1 atom stereocenters. The highest BCUT2D eigenvalue weighted by Gasteiger charge is 2.12. The van der Waals surface area contributed by atoms with E-state index in [0.29, 0.717) is 6.04 Å². The van der Waals surface area contributed by atoms with E-state index >= 15 is 0 Å². The second kappa shape index (κ2) is 7.68. The van der Waals surface area contributed by atoms with E-state index < -0.39 is 0 Å². The summed E-state index contributed by atoms with van der Waals surface area (Å²) in [6.07, 6.45) is 6.11. The molecule has 0 fully saturated rings. The summed E-state index contributed by atoms with van der Waals surface area (Å²) in [5, 5.41) is 6.86. The number of hydrogen-bond donors (Lipinski definition) is 1. The van der Waals surface area contributed by atoms with Gasteiger partial charge in [-0.3, -0.25) is 0 Å². The molecular weight excluding hydrogens is 272 g/mol. The summed E-state index contributed by atoms with van der Waals surface area (Å²) in [4.78, 5) is 5.71. The van der Waals surface area contributed by atoms with Gasteiger partial charge in [0.05, 0.1) is 5.01 Å². The number of hydrogen-bond acceptors (Lipinski definition) is 4. The smallest absolute Gasteiger partial charge is 0.0943 e. The topological polar surface area (TPSA) is 24.9 Å². The van der Waals surface area contributed by atoms with Gasteiger partial charge in [-0.2, -0.15) is 0 Å². The van der Waals surface area contributed by atoms with Crippen LogP contribution in [0.4, 0.5) is 0 Å². The molecule has 0 aliphatic heterocycles. The second-order valence-corrected chi connectivity index (χ2v) is 6.27. The molecule has 0 spiro atoms. The van der Waals surface area contributed by atoms with Crippen LogP contribution in [0.3, 0.4) is 0 Å². The van der Waals surface area contributed by atoms with Crippen LogP contribution in [-0.4, -0.2) is 17.8 Å². The molecule has 0 amide bonds. The molecule has 1 N–H and O–H groups in total. The average molecular weight is 292 g/mol. The lowest BCUT2D eigenvalue weighted by molar-refractivity contribution is 0.528. The van der Waals surface area contributed by atoms with Crippen LogP contribution in [0.25, 0.3) is 0 Å². The third-order valence-electron chi connectivity index (χ3n) is 3.02. The van der Waals surface area contributed by atoms with Gasteiger partial charge in [0.25, 0.3) is 0 Å². The van der Waals surface area contributed by atoms with Crippen LogP contribution in [0.5, 0.6) is 0 Å². The van der Waals surface area contributed by atoms with Crippen molar-refractivity contribution >= 4 is 23.1 Å². The first kappa shape index (κ1) is 14.6. The number of nitrogens with zero attached hydrogens (tertiary/aromatic N) is 1. The van der Waals surface area contributed by atoms with Crippen LogP contribution in [0.15, 0.2) is 40.7 Å². The normalized spacial score (nSPS) is 12.5. The largest absolute Gasteiger partial charge is 0.310 e. The molecule has 1 aromatic heterocycles.